The summed E-state index contributed by atoms with van der Waals surface area (Å²) in [5.41, 5.74) is 2.98. The van der Waals surface area contributed by atoms with E-state index in [0.717, 1.165) is 34.2 Å². The minimum atomic E-state index is -0.551. The number of nitrogens with one attached hydrogen (secondary N) is 1. The smallest absolute Gasteiger partial charge is 0.144 e. The minimum Gasteiger partial charge on any atom is -0.393 e. The molecule has 0 saturated carbocycles. The molecule has 6 heteroatoms. The van der Waals surface area contributed by atoms with Crippen LogP contribution < -0.4 is 5.32 Å². The third kappa shape index (κ3) is 4.98. The average Bonchev–Trinajstić information content (AvgIpc) is 2.45. The van der Waals surface area contributed by atoms with Crippen molar-refractivity contribution < 1.29 is 9.94 Å². The molecule has 5 nitrogen and oxygen atoms in total. The molecule has 0 fully saturated rings. The lowest BCUT2D eigenvalue weighted by Crippen LogP contribution is -2.34. The number of aryl methyl sites for hydroxylation is 1. The van der Waals surface area contributed by atoms with Gasteiger partial charge in [0.25, 0.3) is 0 Å². The van der Waals surface area contributed by atoms with Crippen LogP contribution >= 0.6 is 11.8 Å². The Hall–Kier alpha value is -1.11. The molecule has 0 spiro atoms. The fraction of sp³-hybridized carbons (Fsp3) is 0.600. The highest BCUT2D eigenvalue weighted by Gasteiger charge is 2.18. The number of fused-ring (bicyclic) bond motifs is 1. The SMILES string of the molecule is Cc1ccc2c(n1)SCC/C2=N\OCC(O)CNC(C)C. The van der Waals surface area contributed by atoms with Crippen molar-refractivity contribution in [1.82, 2.24) is 10.3 Å². The molecule has 2 rings (SSSR count). The van der Waals surface area contributed by atoms with Crippen LogP contribution in [0.15, 0.2) is 22.3 Å². The second-order valence-corrected chi connectivity index (χ2v) is 6.54. The van der Waals surface area contributed by atoms with E-state index in [1.54, 1.807) is 11.8 Å². The van der Waals surface area contributed by atoms with Gasteiger partial charge in [-0.2, -0.15) is 0 Å². The monoisotopic (exact) mass is 309 g/mol. The lowest BCUT2D eigenvalue weighted by atomic mass is 10.1. The summed E-state index contributed by atoms with van der Waals surface area (Å²) >= 11 is 1.75. The fourth-order valence-corrected chi connectivity index (χ4v) is 3.01. The molecule has 1 unspecified atom stereocenters. The van der Waals surface area contributed by atoms with Crippen LogP contribution in [0.25, 0.3) is 0 Å². The Balaban J connectivity index is 1.91. The first-order valence-corrected chi connectivity index (χ1v) is 8.26. The van der Waals surface area contributed by atoms with Gasteiger partial charge in [-0.05, 0) is 19.1 Å². The van der Waals surface area contributed by atoms with Crippen molar-refractivity contribution in [3.05, 3.63) is 23.4 Å². The average molecular weight is 309 g/mol. The van der Waals surface area contributed by atoms with Crippen molar-refractivity contribution in [2.75, 3.05) is 18.9 Å². The van der Waals surface area contributed by atoms with E-state index in [-0.39, 0.29) is 6.61 Å². The molecule has 0 aromatic carbocycles. The third-order valence-electron chi connectivity index (χ3n) is 3.09. The van der Waals surface area contributed by atoms with Gasteiger partial charge in [0.05, 0.1) is 5.71 Å². The van der Waals surface area contributed by atoms with Crippen molar-refractivity contribution in [2.24, 2.45) is 5.16 Å². The second-order valence-electron chi connectivity index (χ2n) is 5.45. The predicted molar refractivity (Wildman–Crippen MR) is 85.9 cm³/mol. The Bertz CT molecular complexity index is 506. The molecule has 2 N–H and O–H groups in total. The summed E-state index contributed by atoms with van der Waals surface area (Å²) in [6, 6.07) is 4.38. The normalized spacial score (nSPS) is 17.9. The Morgan fingerprint density at radius 1 is 1.48 bits per heavy atom. The first-order chi connectivity index (χ1) is 10.1. The van der Waals surface area contributed by atoms with Gasteiger partial charge in [-0.1, -0.05) is 19.0 Å². The van der Waals surface area contributed by atoms with Crippen LogP contribution in [0.2, 0.25) is 0 Å². The molecule has 116 valence electrons. The van der Waals surface area contributed by atoms with E-state index in [9.17, 15) is 5.11 Å². The van der Waals surface area contributed by atoms with Gasteiger partial charge in [0.2, 0.25) is 0 Å². The number of oxime groups is 1. The van der Waals surface area contributed by atoms with Crippen LogP contribution in [-0.4, -0.2) is 46.9 Å². The lowest BCUT2D eigenvalue weighted by Gasteiger charge is -2.17. The number of aliphatic hydroxyl groups is 1. The Morgan fingerprint density at radius 2 is 2.29 bits per heavy atom. The van der Waals surface area contributed by atoms with Crippen LogP contribution in [0.5, 0.6) is 0 Å². The Morgan fingerprint density at radius 3 is 3.05 bits per heavy atom. The maximum absolute atomic E-state index is 9.79. The highest BCUT2D eigenvalue weighted by Crippen LogP contribution is 2.28. The number of hydrogen-bond acceptors (Lipinski definition) is 6. The molecule has 1 aliphatic heterocycles. The zero-order chi connectivity index (χ0) is 15.2. The Kier molecular flexibility index (Phi) is 6.02. The number of nitrogens with zero attached hydrogens (tertiary/aromatic N) is 2. The number of aromatic nitrogens is 1. The molecule has 1 atom stereocenters. The summed E-state index contributed by atoms with van der Waals surface area (Å²) in [5.74, 6) is 0.961. The van der Waals surface area contributed by atoms with E-state index in [4.69, 9.17) is 4.84 Å². The number of pyridine rings is 1. The van der Waals surface area contributed by atoms with Gasteiger partial charge in [-0.3, -0.25) is 0 Å². The van der Waals surface area contributed by atoms with E-state index >= 15 is 0 Å². The molecule has 1 aliphatic rings. The van der Waals surface area contributed by atoms with Crippen molar-refractivity contribution in [3.8, 4) is 0 Å². The summed E-state index contributed by atoms with van der Waals surface area (Å²) < 4.78 is 0. The van der Waals surface area contributed by atoms with E-state index < -0.39 is 6.10 Å². The lowest BCUT2D eigenvalue weighted by molar-refractivity contribution is 0.0393. The molecule has 0 saturated heterocycles. The van der Waals surface area contributed by atoms with Gasteiger partial charge in [-0.25, -0.2) is 4.98 Å². The first kappa shape index (κ1) is 16.3. The predicted octanol–water partition coefficient (Wildman–Crippen LogP) is 1.97. The molecule has 0 aliphatic carbocycles. The molecule has 2 heterocycles. The van der Waals surface area contributed by atoms with E-state index in [0.29, 0.717) is 12.6 Å². The first-order valence-electron chi connectivity index (χ1n) is 7.27. The topological polar surface area (TPSA) is 66.7 Å². The molecule has 1 aromatic rings. The minimum absolute atomic E-state index is 0.199. The molecular weight excluding hydrogens is 286 g/mol. The van der Waals surface area contributed by atoms with E-state index in [1.807, 2.05) is 32.9 Å². The Labute approximate surface area is 130 Å². The quantitative estimate of drug-likeness (QED) is 0.786. The van der Waals surface area contributed by atoms with Gasteiger partial charge >= 0.3 is 0 Å². The summed E-state index contributed by atoms with van der Waals surface area (Å²) in [4.78, 5) is 9.84. The van der Waals surface area contributed by atoms with Crippen LogP contribution in [0.4, 0.5) is 0 Å². The summed E-state index contributed by atoms with van der Waals surface area (Å²) in [6.45, 7) is 6.78. The summed E-state index contributed by atoms with van der Waals surface area (Å²) in [7, 11) is 0. The standard InChI is InChI=1S/C15H23N3O2S/c1-10(2)16-8-12(19)9-20-18-14-6-7-21-15-13(14)5-4-11(3)17-15/h4-5,10,12,16,19H,6-9H2,1-3H3/b18-14+. The molecule has 1 aromatic heterocycles. The fourth-order valence-electron chi connectivity index (χ4n) is 1.97. The van der Waals surface area contributed by atoms with Crippen LogP contribution in [-0.2, 0) is 4.84 Å². The summed E-state index contributed by atoms with van der Waals surface area (Å²) in [6.07, 6.45) is 0.313. The van der Waals surface area contributed by atoms with Crippen LogP contribution in [0.3, 0.4) is 0 Å². The molecule has 0 radical (unpaired) electrons. The molecular formula is C15H23N3O2S. The number of hydrogen-bond donors (Lipinski definition) is 2. The van der Waals surface area contributed by atoms with Gasteiger partial charge in [0.1, 0.15) is 17.7 Å². The largest absolute Gasteiger partial charge is 0.393 e. The van der Waals surface area contributed by atoms with Crippen LogP contribution in [0, 0.1) is 6.92 Å². The molecule has 0 bridgehead atoms. The summed E-state index contributed by atoms with van der Waals surface area (Å²) in [5, 5.41) is 18.2. The second kappa shape index (κ2) is 7.77. The van der Waals surface area contributed by atoms with E-state index in [2.05, 4.69) is 15.5 Å². The van der Waals surface area contributed by atoms with Crippen molar-refractivity contribution in [3.63, 3.8) is 0 Å². The van der Waals surface area contributed by atoms with Gasteiger partial charge in [0, 0.05) is 36.0 Å². The van der Waals surface area contributed by atoms with Crippen molar-refractivity contribution in [2.45, 2.75) is 44.4 Å². The van der Waals surface area contributed by atoms with Gasteiger partial charge in [0.15, 0.2) is 0 Å². The van der Waals surface area contributed by atoms with Crippen molar-refractivity contribution >= 4 is 17.5 Å². The maximum atomic E-state index is 9.79. The van der Waals surface area contributed by atoms with Gasteiger partial charge in [-0.15, -0.1) is 11.8 Å². The van der Waals surface area contributed by atoms with Crippen LogP contribution in [0.1, 0.15) is 31.5 Å². The molecule has 0 amide bonds. The van der Waals surface area contributed by atoms with Crippen molar-refractivity contribution in [1.29, 1.82) is 0 Å². The van der Waals surface area contributed by atoms with E-state index in [1.165, 1.54) is 0 Å². The molecule has 21 heavy (non-hydrogen) atoms. The number of thioether (sulfide) groups is 1. The number of rotatable bonds is 6. The van der Waals surface area contributed by atoms with Gasteiger partial charge < -0.3 is 15.3 Å². The highest BCUT2D eigenvalue weighted by atomic mass is 32.2. The maximum Gasteiger partial charge on any atom is 0.144 e. The zero-order valence-corrected chi connectivity index (χ0v) is 13.6. The third-order valence-corrected chi connectivity index (χ3v) is 4.08. The highest BCUT2D eigenvalue weighted by molar-refractivity contribution is 7.99. The zero-order valence-electron chi connectivity index (χ0n) is 12.8. The number of aliphatic hydroxyl groups excluding tert-OH is 1.